The summed E-state index contributed by atoms with van der Waals surface area (Å²) < 4.78 is 137. The SMILES string of the molecule is [2H]C([2H])(c1cc[nH]c1)c1ccc(O[11CH3])c(-c2cc(F)cc([N+](=O)[O-])c2)n1.[2H]C([2H])(c1cc[nH]c1)c1ccc(O[11CH3])c(-c2cccc(C#N)c2)n1.[2H]C([2H])(c1cc[nH]c1)c1ccc(O[11CH3])c(-c2cccc(Cl)c2)n1.[2H]C([2H])(c1cc[nH]c1)c1ccc(O[11CH3])c(-c2cccc(F)c2)n1.[2H]C([2H])(c1cc[nH]c1)c1ccc(O[11CH3])c(-c2cccc([N+](=O)[O-])c2)n1. The Labute approximate surface area is 656 Å². The molecule has 10 heterocycles. The number of hydrogen-bond donors (Lipinski definition) is 5. The van der Waals surface area contributed by atoms with E-state index in [1.54, 1.807) is 196 Å². The number of benzene rings is 5. The highest BCUT2D eigenvalue weighted by molar-refractivity contribution is 6.30. The van der Waals surface area contributed by atoms with E-state index in [-0.39, 0.29) is 51.3 Å². The maximum Gasteiger partial charge on any atom is 0.273 e. The fourth-order valence-electron chi connectivity index (χ4n) is 10.8. The van der Waals surface area contributed by atoms with Gasteiger partial charge in [-0.3, -0.25) is 20.2 Å². The molecule has 0 amide bonds. The molecule has 0 aliphatic rings. The molecule has 0 aliphatic heterocycles. The first-order valence-corrected chi connectivity index (χ1v) is 33.9. The van der Waals surface area contributed by atoms with Gasteiger partial charge in [-0.05, 0) is 161 Å². The van der Waals surface area contributed by atoms with Crippen LogP contribution < -0.4 is 23.7 Å². The molecule has 558 valence electrons. The number of nitro benzene ring substituents is 2. The van der Waals surface area contributed by atoms with Gasteiger partial charge in [-0.1, -0.05) is 60.1 Å². The van der Waals surface area contributed by atoms with Gasteiger partial charge in [0.1, 0.15) is 68.9 Å². The monoisotopic (exact) mass is 1510 g/mol. The molecule has 0 fully saturated rings. The summed E-state index contributed by atoms with van der Waals surface area (Å²) >= 11 is 6.05. The van der Waals surface area contributed by atoms with Crippen molar-refractivity contribution in [2.45, 2.75) is 31.9 Å². The van der Waals surface area contributed by atoms with E-state index in [0.29, 0.717) is 107 Å². The number of halogens is 3. The molecule has 25 heteroatoms. The molecule has 5 aromatic carbocycles. The molecule has 10 aromatic heterocycles. The van der Waals surface area contributed by atoms with Crippen LogP contribution in [0, 0.1) is 43.2 Å². The van der Waals surface area contributed by atoms with Crippen molar-refractivity contribution in [3.8, 4) is 91.1 Å². The largest absolute Gasteiger partial charge is 0.494 e. The highest BCUT2D eigenvalue weighted by atomic mass is 35.5. The lowest BCUT2D eigenvalue weighted by atomic mass is 10.1. The Morgan fingerprint density at radius 3 is 1.01 bits per heavy atom. The number of hydrogen-bond acceptors (Lipinski definition) is 15. The van der Waals surface area contributed by atoms with Crippen LogP contribution >= 0.6 is 11.6 Å². The number of methoxy groups -OCH3 is 5. The lowest BCUT2D eigenvalue weighted by Gasteiger charge is -2.10. The first-order valence-electron chi connectivity index (χ1n) is 38.5. The van der Waals surface area contributed by atoms with Gasteiger partial charge >= 0.3 is 0 Å². The Bertz CT molecular complexity index is 5990. The molecule has 15 rings (SSSR count). The Morgan fingerprint density at radius 1 is 0.378 bits per heavy atom. The van der Waals surface area contributed by atoms with Crippen LogP contribution in [0.3, 0.4) is 0 Å². The van der Waals surface area contributed by atoms with Crippen molar-refractivity contribution in [2.75, 3.05) is 35.5 Å². The van der Waals surface area contributed by atoms with Crippen molar-refractivity contribution in [1.82, 2.24) is 49.8 Å². The fourth-order valence-corrected chi connectivity index (χ4v) is 11.0. The zero-order valence-electron chi connectivity index (χ0n) is 69.8. The van der Waals surface area contributed by atoms with Crippen molar-refractivity contribution >= 4 is 23.0 Å². The summed E-state index contributed by atoms with van der Waals surface area (Å²) in [6.07, 6.45) is 7.21. The van der Waals surface area contributed by atoms with Crippen LogP contribution in [0.2, 0.25) is 5.02 Å². The second-order valence-corrected chi connectivity index (χ2v) is 23.8. The average Bonchev–Trinajstić information content (AvgIpc) is 1.80. The minimum absolute atomic E-state index is 0.0691. The smallest absolute Gasteiger partial charge is 0.273 e. The van der Waals surface area contributed by atoms with Crippen LogP contribution in [-0.4, -0.2) is 95.2 Å². The third-order valence-corrected chi connectivity index (χ3v) is 16.1. The van der Waals surface area contributed by atoms with Gasteiger partial charge < -0.3 is 48.6 Å². The van der Waals surface area contributed by atoms with E-state index in [9.17, 15) is 29.0 Å². The summed E-state index contributed by atoms with van der Waals surface area (Å²) in [5.74, 6) is 1.04. The van der Waals surface area contributed by atoms with E-state index < -0.39 is 53.2 Å². The van der Waals surface area contributed by atoms with Gasteiger partial charge in [-0.15, -0.1) is 0 Å². The number of nitriles is 1. The minimum atomic E-state index is -1.92. The molecule has 5 N–H and O–H groups in total. The number of H-pyrrole nitrogens is 5. The molecule has 0 unspecified atom stereocenters. The number of rotatable bonds is 22. The van der Waals surface area contributed by atoms with E-state index in [0.717, 1.165) is 17.7 Å². The summed E-state index contributed by atoms with van der Waals surface area (Å²) in [6.45, 7) is 0. The van der Waals surface area contributed by atoms with Gasteiger partial charge in [0, 0.05) is 187 Å². The molecule has 22 nitrogen and oxygen atoms in total. The summed E-state index contributed by atoms with van der Waals surface area (Å²) in [7, 11) is 7.45. The normalized spacial score (nSPS) is 12.5. The Kier molecular flexibility index (Phi) is 22.4. The fraction of sp³-hybridized carbons (Fsp3) is 0.116. The lowest BCUT2D eigenvalue weighted by molar-refractivity contribution is -0.385. The number of nitrogens with one attached hydrogen (secondary N) is 5. The second kappa shape index (κ2) is 38.3. The number of aromatic nitrogens is 10. The van der Waals surface area contributed by atoms with E-state index in [1.807, 2.05) is 18.2 Å². The molecule has 0 aliphatic carbocycles. The van der Waals surface area contributed by atoms with Crippen LogP contribution in [-0.2, 0) is 31.9 Å². The molecular weight excluding hydrogens is 1430 g/mol. The second-order valence-electron chi connectivity index (χ2n) is 23.3. The third kappa shape index (κ3) is 21.5. The van der Waals surface area contributed by atoms with Gasteiger partial charge in [0.25, 0.3) is 11.4 Å². The highest BCUT2D eigenvalue weighted by Crippen LogP contribution is 2.36. The van der Waals surface area contributed by atoms with Gasteiger partial charge in [-0.25, -0.2) is 33.7 Å². The van der Waals surface area contributed by atoms with Crippen LogP contribution in [0.1, 0.15) is 75.6 Å². The Hall–Kier alpha value is -14.3. The minimum Gasteiger partial charge on any atom is -0.494 e. The van der Waals surface area contributed by atoms with E-state index >= 15 is 0 Å². The molecule has 0 saturated carbocycles. The Morgan fingerprint density at radius 2 is 0.685 bits per heavy atom. The quantitative estimate of drug-likeness (QED) is 0.0311. The number of nitrogens with zero attached hydrogens (tertiary/aromatic N) is 8. The van der Waals surface area contributed by atoms with Crippen molar-refractivity contribution in [1.29, 1.82) is 5.26 Å². The molecule has 0 spiro atoms. The van der Waals surface area contributed by atoms with Crippen molar-refractivity contribution < 1.29 is 56.0 Å². The maximum absolute atomic E-state index is 13.8. The molecule has 111 heavy (non-hydrogen) atoms. The Balaban J connectivity index is 0.000000148. The van der Waals surface area contributed by atoms with E-state index in [1.165, 1.54) is 77.1 Å². The van der Waals surface area contributed by atoms with Crippen LogP contribution in [0.4, 0.5) is 20.2 Å². The van der Waals surface area contributed by atoms with Crippen molar-refractivity contribution in [2.24, 2.45) is 0 Å². The number of pyridine rings is 5. The van der Waals surface area contributed by atoms with E-state index in [4.69, 9.17) is 54.3 Å². The number of non-ortho nitro benzene ring substituents is 2. The van der Waals surface area contributed by atoms with Crippen molar-refractivity contribution in [3.63, 3.8) is 0 Å². The number of aromatic amines is 5. The van der Waals surface area contributed by atoms with Gasteiger partial charge in [0.15, 0.2) is 0 Å². The first-order chi connectivity index (χ1) is 57.8. The molecule has 0 bridgehead atoms. The van der Waals surface area contributed by atoms with Gasteiger partial charge in [-0.2, -0.15) is 5.26 Å². The first kappa shape index (κ1) is 65.0. The van der Waals surface area contributed by atoms with Crippen LogP contribution in [0.5, 0.6) is 28.7 Å². The van der Waals surface area contributed by atoms with E-state index in [2.05, 4.69) is 55.9 Å². The summed E-state index contributed by atoms with van der Waals surface area (Å²) in [4.78, 5) is 57.1. The van der Waals surface area contributed by atoms with Crippen LogP contribution in [0.15, 0.2) is 268 Å². The molecule has 0 atom stereocenters. The standard InChI is InChI=1S/C18H15N3O.C17H15ClN2O.C17H14FN3O3.C17H15FN2O.C17H15N3O3/c1-22-17-6-5-16(10-14-7-8-20-12-14)21-18(17)15-4-2-3-13(9-15)11-19;1-21-16-6-5-15(9-12-7-8-19-11-12)20-17(16)13-3-2-4-14(18)10-13;1-24-16-3-2-14(6-11-4-5-19-10-11)20-17(16)12-7-13(18)9-15(8-12)21(22)23;1-21-16-6-5-15(9-12-7-8-19-11-12)20-17(16)13-3-2-4-14(18)10-13;1-23-16-6-5-14(9-12-7-8-18-11-12)19-17(16)13-3-2-4-15(10-13)20(21)22/h2-9,12,20H,10H2,1H3;2-8,10-11,19H,9H2,1H3;2-5,7-10,19H,6H2,1H3;2-8,10-11,19H,9H2,1H3;2-8,10-11,18H,9H2,1H3/i1-1,10D2;1-1,9D2;1-1,6D2;2*1-1,9D2. The van der Waals surface area contributed by atoms with Crippen molar-refractivity contribution in [3.05, 3.63) is 367 Å². The summed E-state index contributed by atoms with van der Waals surface area (Å²) in [5.41, 5.74) is 7.96. The maximum atomic E-state index is 13.8. The highest BCUT2D eigenvalue weighted by Gasteiger charge is 2.19. The molecule has 0 saturated heterocycles. The summed E-state index contributed by atoms with van der Waals surface area (Å²) in [5, 5.41) is 31.7. The third-order valence-electron chi connectivity index (χ3n) is 15.9. The number of nitro groups is 2. The van der Waals surface area contributed by atoms with Crippen LogP contribution in [0.25, 0.3) is 56.3 Å². The summed E-state index contributed by atoms with van der Waals surface area (Å²) in [6, 6.07) is 55.7. The van der Waals surface area contributed by atoms with Gasteiger partial charge in [0.2, 0.25) is 0 Å². The predicted octanol–water partition coefficient (Wildman–Crippen LogP) is 19.0. The average molecular weight is 1510 g/mol. The molecule has 15 aromatic rings. The lowest BCUT2D eigenvalue weighted by Crippen LogP contribution is -1.98. The van der Waals surface area contributed by atoms with Gasteiger partial charge in [0.05, 0.1) is 63.1 Å². The zero-order valence-corrected chi connectivity index (χ0v) is 60.5. The molecular formula is C86H74ClF2N13O9. The number of ether oxygens (including phenoxy) is 5. The molecule has 0 radical (unpaired) electrons. The topological polar surface area (TPSA) is 300 Å². The predicted molar refractivity (Wildman–Crippen MR) is 422 cm³/mol. The zero-order chi connectivity index (χ0) is 87.0.